The Hall–Kier alpha value is -2.50. The molecule has 0 unspecified atom stereocenters. The van der Waals surface area contributed by atoms with Crippen LogP contribution in [0.25, 0.3) is 0 Å². The van der Waals surface area contributed by atoms with Crippen molar-refractivity contribution < 1.29 is 18.3 Å². The van der Waals surface area contributed by atoms with Crippen LogP contribution in [0.15, 0.2) is 36.7 Å². The Kier molecular flexibility index (Phi) is 7.06. The molecule has 1 aliphatic heterocycles. The van der Waals surface area contributed by atoms with Crippen LogP contribution in [0.2, 0.25) is 0 Å². The van der Waals surface area contributed by atoms with Gasteiger partial charge in [-0.3, -0.25) is 4.98 Å². The van der Waals surface area contributed by atoms with Crippen molar-refractivity contribution in [1.29, 1.82) is 0 Å². The van der Waals surface area contributed by atoms with E-state index in [-0.39, 0.29) is 6.09 Å². The van der Waals surface area contributed by atoms with Gasteiger partial charge in [-0.25, -0.2) is 13.6 Å². The molecule has 4 nitrogen and oxygen atoms in total. The summed E-state index contributed by atoms with van der Waals surface area (Å²) in [6, 6.07) is 5.65. The van der Waals surface area contributed by atoms with Crippen molar-refractivity contribution in [2.45, 2.75) is 58.5 Å². The maximum Gasteiger partial charge on any atom is 0.410 e. The summed E-state index contributed by atoms with van der Waals surface area (Å²) in [6.07, 6.45) is 7.67. The number of benzene rings is 1. The lowest BCUT2D eigenvalue weighted by atomic mass is 9.90. The molecule has 0 N–H and O–H groups in total. The summed E-state index contributed by atoms with van der Waals surface area (Å²) >= 11 is 0. The number of aromatic nitrogens is 1. The highest BCUT2D eigenvalue weighted by Gasteiger charge is 2.26. The molecule has 1 aromatic carbocycles. The van der Waals surface area contributed by atoms with Crippen molar-refractivity contribution in [3.05, 3.63) is 65.0 Å². The van der Waals surface area contributed by atoms with Gasteiger partial charge in [0.1, 0.15) is 17.2 Å². The van der Waals surface area contributed by atoms with E-state index in [4.69, 9.17) is 4.74 Å². The Bertz CT molecular complexity index is 851. The Balaban J connectivity index is 1.49. The zero-order chi connectivity index (χ0) is 21.7. The number of ether oxygens (including phenoxy) is 1. The molecular weight excluding hydrogens is 386 g/mol. The van der Waals surface area contributed by atoms with Gasteiger partial charge >= 0.3 is 6.09 Å². The first kappa shape index (κ1) is 22.2. The Labute approximate surface area is 177 Å². The second-order valence-corrected chi connectivity index (χ2v) is 9.11. The third kappa shape index (κ3) is 6.78. The molecule has 0 atom stereocenters. The Morgan fingerprint density at radius 2 is 1.67 bits per heavy atom. The Morgan fingerprint density at radius 3 is 2.30 bits per heavy atom. The van der Waals surface area contributed by atoms with Crippen LogP contribution in [-0.4, -0.2) is 34.7 Å². The minimum Gasteiger partial charge on any atom is -0.444 e. The first-order valence-corrected chi connectivity index (χ1v) is 10.5. The highest BCUT2D eigenvalue weighted by atomic mass is 19.1. The highest BCUT2D eigenvalue weighted by Crippen LogP contribution is 2.24. The summed E-state index contributed by atoms with van der Waals surface area (Å²) in [5.74, 6) is -0.566. The average Bonchev–Trinajstić information content (AvgIpc) is 2.65. The van der Waals surface area contributed by atoms with E-state index in [1.54, 1.807) is 11.1 Å². The molecule has 30 heavy (non-hydrogen) atoms. The van der Waals surface area contributed by atoms with E-state index in [9.17, 15) is 13.6 Å². The van der Waals surface area contributed by atoms with Gasteiger partial charge in [0.05, 0.1) is 0 Å². The van der Waals surface area contributed by atoms with Gasteiger partial charge in [0.2, 0.25) is 0 Å². The summed E-state index contributed by atoms with van der Waals surface area (Å²) in [6.45, 7) is 7.09. The normalized spacial score (nSPS) is 15.3. The van der Waals surface area contributed by atoms with Crippen molar-refractivity contribution in [3.63, 3.8) is 0 Å². The fourth-order valence-corrected chi connectivity index (χ4v) is 3.83. The third-order valence-corrected chi connectivity index (χ3v) is 5.29. The van der Waals surface area contributed by atoms with Crippen molar-refractivity contribution in [3.8, 4) is 0 Å². The summed E-state index contributed by atoms with van der Waals surface area (Å²) in [5.41, 5.74) is 2.20. The van der Waals surface area contributed by atoms with Crippen LogP contribution < -0.4 is 0 Å². The number of carbonyl (C=O) groups is 1. The highest BCUT2D eigenvalue weighted by molar-refractivity contribution is 5.68. The number of halogens is 2. The molecule has 0 bridgehead atoms. The molecule has 0 saturated carbocycles. The van der Waals surface area contributed by atoms with E-state index >= 15 is 0 Å². The van der Waals surface area contributed by atoms with Gasteiger partial charge in [0, 0.05) is 31.5 Å². The molecule has 0 aliphatic carbocycles. The molecule has 2 heterocycles. The summed E-state index contributed by atoms with van der Waals surface area (Å²) in [5, 5.41) is 0. The van der Waals surface area contributed by atoms with Gasteiger partial charge in [-0.05, 0) is 87.6 Å². The molecule has 3 rings (SSSR count). The van der Waals surface area contributed by atoms with Crippen molar-refractivity contribution in [2.24, 2.45) is 5.92 Å². The lowest BCUT2D eigenvalue weighted by Crippen LogP contribution is -2.41. The first-order valence-electron chi connectivity index (χ1n) is 10.5. The van der Waals surface area contributed by atoms with Gasteiger partial charge in [0.25, 0.3) is 0 Å². The van der Waals surface area contributed by atoms with Gasteiger partial charge in [-0.15, -0.1) is 0 Å². The molecule has 6 heteroatoms. The standard InChI is InChI=1S/C24H30F2N2O2/c1-24(2,3)30-23(29)28-8-6-17(7-9-28)4-5-18-10-20(16-27-15-18)11-19-12-21(25)14-22(26)13-19/h10,12-17H,4-9,11H2,1-3H3. The second-order valence-electron chi connectivity index (χ2n) is 9.11. The van der Waals surface area contributed by atoms with Gasteiger partial charge in [-0.1, -0.05) is 6.07 Å². The summed E-state index contributed by atoms with van der Waals surface area (Å²) in [7, 11) is 0. The second kappa shape index (κ2) is 9.54. The molecule has 1 aliphatic rings. The van der Waals surface area contributed by atoms with Crippen LogP contribution >= 0.6 is 0 Å². The number of hydrogen-bond donors (Lipinski definition) is 0. The summed E-state index contributed by atoms with van der Waals surface area (Å²) < 4.78 is 32.3. The number of aryl methyl sites for hydroxylation is 1. The largest absolute Gasteiger partial charge is 0.444 e. The van der Waals surface area contributed by atoms with Crippen LogP contribution in [0.5, 0.6) is 0 Å². The molecule has 0 radical (unpaired) electrons. The van der Waals surface area contributed by atoms with Crippen molar-refractivity contribution in [1.82, 2.24) is 9.88 Å². The minimum absolute atomic E-state index is 0.230. The SMILES string of the molecule is CC(C)(C)OC(=O)N1CCC(CCc2cncc(Cc3cc(F)cc(F)c3)c2)CC1. The molecule has 162 valence electrons. The first-order chi connectivity index (χ1) is 14.2. The predicted molar refractivity (Wildman–Crippen MR) is 112 cm³/mol. The van der Waals surface area contributed by atoms with Crippen LogP contribution in [0, 0.1) is 17.6 Å². The van der Waals surface area contributed by atoms with E-state index in [1.807, 2.05) is 27.0 Å². The Morgan fingerprint density at radius 1 is 1.03 bits per heavy atom. The zero-order valence-electron chi connectivity index (χ0n) is 18.0. The number of amides is 1. The molecule has 1 amide bonds. The number of hydrogen-bond acceptors (Lipinski definition) is 3. The number of rotatable bonds is 5. The van der Waals surface area contributed by atoms with E-state index < -0.39 is 17.2 Å². The van der Waals surface area contributed by atoms with Crippen molar-refractivity contribution in [2.75, 3.05) is 13.1 Å². The number of piperidine rings is 1. The van der Waals surface area contributed by atoms with Gasteiger partial charge < -0.3 is 9.64 Å². The number of nitrogens with zero attached hydrogens (tertiary/aromatic N) is 2. The monoisotopic (exact) mass is 416 g/mol. The molecular formula is C24H30F2N2O2. The average molecular weight is 417 g/mol. The van der Waals surface area contributed by atoms with Crippen LogP contribution in [0.1, 0.15) is 56.7 Å². The van der Waals surface area contributed by atoms with Gasteiger partial charge in [0.15, 0.2) is 0 Å². The molecule has 2 aromatic rings. The fraction of sp³-hybridized carbons (Fsp3) is 0.500. The maximum atomic E-state index is 13.4. The topological polar surface area (TPSA) is 42.4 Å². The van der Waals surface area contributed by atoms with Crippen LogP contribution in [0.4, 0.5) is 13.6 Å². The van der Waals surface area contributed by atoms with Gasteiger partial charge in [-0.2, -0.15) is 0 Å². The zero-order valence-corrected chi connectivity index (χ0v) is 18.0. The quantitative estimate of drug-likeness (QED) is 0.644. The van der Waals surface area contributed by atoms with Crippen LogP contribution in [0.3, 0.4) is 0 Å². The van der Waals surface area contributed by atoms with Crippen molar-refractivity contribution >= 4 is 6.09 Å². The number of pyridine rings is 1. The fourth-order valence-electron chi connectivity index (χ4n) is 3.83. The predicted octanol–water partition coefficient (Wildman–Crippen LogP) is 5.53. The number of carbonyl (C=O) groups excluding carboxylic acids is 1. The maximum absolute atomic E-state index is 13.4. The molecule has 1 saturated heterocycles. The van der Waals surface area contributed by atoms with E-state index in [0.29, 0.717) is 17.9 Å². The lowest BCUT2D eigenvalue weighted by molar-refractivity contribution is 0.0181. The molecule has 1 fully saturated rings. The van der Waals surface area contributed by atoms with E-state index in [0.717, 1.165) is 56.0 Å². The smallest absolute Gasteiger partial charge is 0.410 e. The molecule has 1 aromatic heterocycles. The molecule has 0 spiro atoms. The minimum atomic E-state index is -0.563. The van der Waals surface area contributed by atoms with E-state index in [2.05, 4.69) is 11.1 Å². The number of likely N-dealkylation sites (tertiary alicyclic amines) is 1. The lowest BCUT2D eigenvalue weighted by Gasteiger charge is -2.33. The van der Waals surface area contributed by atoms with Crippen LogP contribution in [-0.2, 0) is 17.6 Å². The third-order valence-electron chi connectivity index (χ3n) is 5.29. The van der Waals surface area contributed by atoms with E-state index in [1.165, 1.54) is 12.1 Å². The summed E-state index contributed by atoms with van der Waals surface area (Å²) in [4.78, 5) is 18.3.